The van der Waals surface area contributed by atoms with Crippen molar-refractivity contribution >= 4 is 29.1 Å². The van der Waals surface area contributed by atoms with Gasteiger partial charge in [-0.1, -0.05) is 23.2 Å². The highest BCUT2D eigenvalue weighted by Gasteiger charge is 2.22. The summed E-state index contributed by atoms with van der Waals surface area (Å²) in [4.78, 5) is 22.7. The highest BCUT2D eigenvalue weighted by atomic mass is 35.5. The van der Waals surface area contributed by atoms with Gasteiger partial charge in [0.15, 0.2) is 0 Å². The summed E-state index contributed by atoms with van der Waals surface area (Å²) in [7, 11) is 4.13. The molecule has 1 aliphatic rings. The number of piperazine rings is 1. The van der Waals surface area contributed by atoms with Crippen LogP contribution in [0.5, 0.6) is 0 Å². The minimum Gasteiger partial charge on any atom is -0.336 e. The highest BCUT2D eigenvalue weighted by Crippen LogP contribution is 2.17. The van der Waals surface area contributed by atoms with Crippen molar-refractivity contribution < 1.29 is 4.79 Å². The molecule has 0 unspecified atom stereocenters. The van der Waals surface area contributed by atoms with Crippen LogP contribution in [-0.4, -0.2) is 79.0 Å². The smallest absolute Gasteiger partial charge is 0.254 e. The maximum atomic E-state index is 12.4. The van der Waals surface area contributed by atoms with Crippen molar-refractivity contribution in [2.24, 2.45) is 0 Å². The minimum atomic E-state index is -0.0338. The van der Waals surface area contributed by atoms with Crippen LogP contribution in [0.3, 0.4) is 0 Å². The van der Waals surface area contributed by atoms with Gasteiger partial charge in [0.05, 0.1) is 0 Å². The fourth-order valence-corrected chi connectivity index (χ4v) is 2.75. The molecule has 2 rings (SSSR count). The van der Waals surface area contributed by atoms with E-state index < -0.39 is 0 Å². The Morgan fingerprint density at radius 2 is 1.76 bits per heavy atom. The Hall–Kier alpha value is -0.880. The number of hydrogen-bond acceptors (Lipinski definition) is 4. The third-order valence-corrected chi connectivity index (χ3v) is 3.92. The summed E-state index contributed by atoms with van der Waals surface area (Å²) in [5.74, 6) is -0.0338. The second-order valence-electron chi connectivity index (χ2n) is 5.44. The number of aromatic nitrogens is 1. The predicted molar refractivity (Wildman–Crippen MR) is 85.2 cm³/mol. The van der Waals surface area contributed by atoms with Crippen LogP contribution in [0.15, 0.2) is 12.1 Å². The molecule has 21 heavy (non-hydrogen) atoms. The van der Waals surface area contributed by atoms with Gasteiger partial charge < -0.3 is 9.80 Å². The van der Waals surface area contributed by atoms with Crippen LogP contribution in [0.25, 0.3) is 0 Å². The quantitative estimate of drug-likeness (QED) is 0.788. The van der Waals surface area contributed by atoms with Crippen LogP contribution in [0.1, 0.15) is 10.4 Å². The Labute approximate surface area is 135 Å². The fourth-order valence-electron chi connectivity index (χ4n) is 2.29. The second kappa shape index (κ2) is 7.40. The van der Waals surface area contributed by atoms with Gasteiger partial charge in [-0.05, 0) is 26.2 Å². The van der Waals surface area contributed by atoms with E-state index >= 15 is 0 Å². The standard InChI is InChI=1S/C14H20Cl2N4O/c1-18(2)3-4-19-5-7-20(8-6-19)14(21)11-9-12(15)17-13(16)10-11/h9-10H,3-8H2,1-2H3. The number of carbonyl (C=O) groups excluding carboxylic acids is 1. The molecule has 1 fully saturated rings. The van der Waals surface area contributed by atoms with Crippen LogP contribution in [0.2, 0.25) is 10.3 Å². The van der Waals surface area contributed by atoms with Crippen molar-refractivity contribution in [3.63, 3.8) is 0 Å². The third kappa shape index (κ3) is 4.81. The molecule has 1 aromatic heterocycles. The van der Waals surface area contributed by atoms with Crippen molar-refractivity contribution in [3.8, 4) is 0 Å². The van der Waals surface area contributed by atoms with Crippen molar-refractivity contribution in [1.29, 1.82) is 0 Å². The number of halogens is 2. The molecule has 0 atom stereocenters. The Balaban J connectivity index is 1.91. The first kappa shape index (κ1) is 16.5. The molecule has 1 aliphatic heterocycles. The van der Waals surface area contributed by atoms with Gasteiger partial charge in [-0.15, -0.1) is 0 Å². The number of hydrogen-bond donors (Lipinski definition) is 0. The molecule has 0 N–H and O–H groups in total. The lowest BCUT2D eigenvalue weighted by molar-refractivity contribution is 0.0629. The third-order valence-electron chi connectivity index (χ3n) is 3.53. The van der Waals surface area contributed by atoms with E-state index in [-0.39, 0.29) is 16.2 Å². The molecule has 0 saturated carbocycles. The molecule has 1 saturated heterocycles. The molecule has 0 bridgehead atoms. The SMILES string of the molecule is CN(C)CCN1CCN(C(=O)c2cc(Cl)nc(Cl)c2)CC1. The van der Waals surface area contributed by atoms with Crippen molar-refractivity contribution in [2.45, 2.75) is 0 Å². The molecule has 1 amide bonds. The summed E-state index contributed by atoms with van der Waals surface area (Å²) in [5, 5.41) is 0.492. The summed E-state index contributed by atoms with van der Waals surface area (Å²) in [6, 6.07) is 3.13. The Bertz CT molecular complexity index is 481. The summed E-state index contributed by atoms with van der Waals surface area (Å²) >= 11 is 11.7. The lowest BCUT2D eigenvalue weighted by Gasteiger charge is -2.35. The lowest BCUT2D eigenvalue weighted by atomic mass is 10.2. The topological polar surface area (TPSA) is 39.7 Å². The van der Waals surface area contributed by atoms with Crippen LogP contribution >= 0.6 is 23.2 Å². The van der Waals surface area contributed by atoms with Gasteiger partial charge >= 0.3 is 0 Å². The molecule has 116 valence electrons. The zero-order valence-corrected chi connectivity index (χ0v) is 13.9. The van der Waals surface area contributed by atoms with E-state index in [9.17, 15) is 4.79 Å². The number of amides is 1. The van der Waals surface area contributed by atoms with Crippen molar-refractivity contribution in [2.75, 3.05) is 53.4 Å². The zero-order chi connectivity index (χ0) is 15.4. The average Bonchev–Trinajstić information content (AvgIpc) is 2.44. The van der Waals surface area contributed by atoms with Gasteiger partial charge in [-0.2, -0.15) is 0 Å². The first-order valence-electron chi connectivity index (χ1n) is 6.95. The van der Waals surface area contributed by atoms with Crippen molar-refractivity contribution in [1.82, 2.24) is 19.7 Å². The van der Waals surface area contributed by atoms with Gasteiger partial charge in [0, 0.05) is 44.8 Å². The largest absolute Gasteiger partial charge is 0.336 e. The predicted octanol–water partition coefficient (Wildman–Crippen LogP) is 1.71. The summed E-state index contributed by atoms with van der Waals surface area (Å²) in [5.41, 5.74) is 0.502. The molecule has 1 aromatic rings. The average molecular weight is 331 g/mol. The van der Waals surface area contributed by atoms with E-state index in [2.05, 4.69) is 28.9 Å². The van der Waals surface area contributed by atoms with Crippen molar-refractivity contribution in [3.05, 3.63) is 28.0 Å². The molecule has 0 radical (unpaired) electrons. The highest BCUT2D eigenvalue weighted by molar-refractivity contribution is 6.33. The molecule has 5 nitrogen and oxygen atoms in total. The first-order valence-corrected chi connectivity index (χ1v) is 7.71. The molecule has 0 spiro atoms. The van der Waals surface area contributed by atoms with E-state index in [0.717, 1.165) is 39.3 Å². The minimum absolute atomic E-state index is 0.0338. The maximum Gasteiger partial charge on any atom is 0.254 e. The number of pyridine rings is 1. The number of rotatable bonds is 4. The van der Waals surface area contributed by atoms with Gasteiger partial charge in [0.25, 0.3) is 5.91 Å². The first-order chi connectivity index (χ1) is 9.95. The van der Waals surface area contributed by atoms with Crippen LogP contribution in [-0.2, 0) is 0 Å². The summed E-state index contributed by atoms with van der Waals surface area (Å²) < 4.78 is 0. The molecule has 0 aromatic carbocycles. The molecule has 0 aliphatic carbocycles. The number of nitrogens with zero attached hydrogens (tertiary/aromatic N) is 4. The monoisotopic (exact) mass is 330 g/mol. The van der Waals surface area contributed by atoms with Gasteiger partial charge in [0.2, 0.25) is 0 Å². The van der Waals surface area contributed by atoms with Gasteiger partial charge in [-0.25, -0.2) is 4.98 Å². The normalized spacial score (nSPS) is 16.5. The Kier molecular flexibility index (Phi) is 5.81. The zero-order valence-electron chi connectivity index (χ0n) is 12.4. The number of carbonyl (C=O) groups is 1. The molecular weight excluding hydrogens is 311 g/mol. The van der Waals surface area contributed by atoms with Gasteiger partial charge in [0.1, 0.15) is 10.3 Å². The number of likely N-dealkylation sites (N-methyl/N-ethyl adjacent to an activating group) is 1. The van der Waals surface area contributed by atoms with Crippen LogP contribution < -0.4 is 0 Å². The fraction of sp³-hybridized carbons (Fsp3) is 0.571. The van der Waals surface area contributed by atoms with E-state index in [4.69, 9.17) is 23.2 Å². The lowest BCUT2D eigenvalue weighted by Crippen LogP contribution is -2.50. The Morgan fingerprint density at radius 1 is 1.19 bits per heavy atom. The van der Waals surface area contributed by atoms with E-state index in [0.29, 0.717) is 5.56 Å². The maximum absolute atomic E-state index is 12.4. The van der Waals surface area contributed by atoms with Gasteiger partial charge in [-0.3, -0.25) is 9.69 Å². The molecule has 2 heterocycles. The van der Waals surface area contributed by atoms with E-state index in [1.165, 1.54) is 0 Å². The Morgan fingerprint density at radius 3 is 2.29 bits per heavy atom. The summed E-state index contributed by atoms with van der Waals surface area (Å²) in [6.07, 6.45) is 0. The van der Waals surface area contributed by atoms with E-state index in [1.807, 2.05) is 4.90 Å². The van der Waals surface area contributed by atoms with Crippen LogP contribution in [0, 0.1) is 0 Å². The molecule has 7 heteroatoms. The second-order valence-corrected chi connectivity index (χ2v) is 6.21. The summed E-state index contributed by atoms with van der Waals surface area (Å²) in [6.45, 7) is 5.30. The van der Waals surface area contributed by atoms with E-state index in [1.54, 1.807) is 12.1 Å². The van der Waals surface area contributed by atoms with Crippen LogP contribution in [0.4, 0.5) is 0 Å². The molecular formula is C14H20Cl2N4O.